The summed E-state index contributed by atoms with van der Waals surface area (Å²) in [5, 5.41) is 6.61. The lowest BCUT2D eigenvalue weighted by Crippen LogP contribution is -2.19. The van der Waals surface area contributed by atoms with Gasteiger partial charge in [0.05, 0.1) is 26.3 Å². The third kappa shape index (κ3) is 4.45. The summed E-state index contributed by atoms with van der Waals surface area (Å²) >= 11 is 32.8. The molecule has 0 atom stereocenters. The van der Waals surface area contributed by atoms with E-state index in [-0.39, 0.29) is 37.8 Å². The molecule has 3 rings (SSSR count). The van der Waals surface area contributed by atoms with Crippen LogP contribution in [0, 0.1) is 0 Å². The van der Waals surface area contributed by atoms with Crippen LogP contribution in [0.1, 0.15) is 20.8 Å². The van der Waals surface area contributed by atoms with Gasteiger partial charge < -0.3 is 5.32 Å². The lowest BCUT2D eigenvalue weighted by Gasteiger charge is -2.12. The van der Waals surface area contributed by atoms with Crippen molar-refractivity contribution in [3.63, 3.8) is 0 Å². The van der Waals surface area contributed by atoms with Crippen molar-refractivity contribution in [2.24, 2.45) is 0 Å². The van der Waals surface area contributed by atoms with Crippen LogP contribution in [-0.4, -0.2) is 25.9 Å². The molecule has 0 unspecified atom stereocenters. The highest BCUT2D eigenvalue weighted by molar-refractivity contribution is 9.10. The van der Waals surface area contributed by atoms with Crippen molar-refractivity contribution in [1.82, 2.24) is 14.8 Å². The molecule has 0 bridgehead atoms. The number of carbonyl (C=O) groups is 2. The zero-order valence-electron chi connectivity index (χ0n) is 13.3. The lowest BCUT2D eigenvalue weighted by atomic mass is 10.2. The number of rotatable bonds is 4. The molecule has 0 spiro atoms. The third-order valence-electron chi connectivity index (χ3n) is 3.41. The van der Waals surface area contributed by atoms with E-state index in [0.717, 1.165) is 0 Å². The fraction of sp³-hybridized carbons (Fsp3) is 0. The molecule has 28 heavy (non-hydrogen) atoms. The van der Waals surface area contributed by atoms with Crippen LogP contribution in [0.2, 0.25) is 20.1 Å². The maximum atomic E-state index is 12.9. The molecule has 1 amide bonds. The van der Waals surface area contributed by atoms with Gasteiger partial charge in [0.2, 0.25) is 0 Å². The Bertz CT molecular complexity index is 1120. The first-order valence-electron chi connectivity index (χ1n) is 7.24. The van der Waals surface area contributed by atoms with Gasteiger partial charge in [0.1, 0.15) is 10.3 Å². The zero-order chi connectivity index (χ0) is 20.6. The van der Waals surface area contributed by atoms with E-state index in [0.29, 0.717) is 9.63 Å². The summed E-state index contributed by atoms with van der Waals surface area (Å²) in [7, 11) is 0. The van der Waals surface area contributed by atoms with Gasteiger partial charge in [0, 0.05) is 17.3 Å². The van der Waals surface area contributed by atoms with Gasteiger partial charge in [-0.15, -0.1) is 0 Å². The van der Waals surface area contributed by atoms with E-state index in [4.69, 9.17) is 58.0 Å². The number of anilines is 1. The van der Waals surface area contributed by atoms with Crippen molar-refractivity contribution in [3.05, 3.63) is 66.4 Å². The van der Waals surface area contributed by atoms with Gasteiger partial charge in [0.15, 0.2) is 5.82 Å². The fourth-order valence-electron chi connectivity index (χ4n) is 2.27. The first kappa shape index (κ1) is 21.4. The number of amides is 1. The predicted molar refractivity (Wildman–Crippen MR) is 114 cm³/mol. The number of halogens is 6. The minimum Gasteiger partial charge on any atom is -0.319 e. The highest BCUT2D eigenvalue weighted by Gasteiger charge is 2.22. The van der Waals surface area contributed by atoms with E-state index < -0.39 is 11.1 Å². The monoisotopic (exact) mass is 540 g/mol. The van der Waals surface area contributed by atoms with Gasteiger partial charge in [-0.1, -0.05) is 46.4 Å². The normalized spacial score (nSPS) is 10.8. The maximum Gasteiger partial charge on any atom is 0.274 e. The van der Waals surface area contributed by atoms with Gasteiger partial charge in [-0.3, -0.25) is 9.59 Å². The number of hydrogen-bond acceptors (Lipinski definition) is 4. The van der Waals surface area contributed by atoms with Crippen LogP contribution in [-0.2, 0) is 0 Å². The van der Waals surface area contributed by atoms with E-state index in [2.05, 4.69) is 31.3 Å². The molecule has 0 radical (unpaired) electrons. The summed E-state index contributed by atoms with van der Waals surface area (Å²) in [5.41, 5.74) is 0.0120. The molecule has 1 N–H and O–H groups in total. The molecule has 0 aliphatic rings. The Hall–Kier alpha value is -1.35. The number of benzene rings is 1. The summed E-state index contributed by atoms with van der Waals surface area (Å²) in [4.78, 5) is 28.7. The smallest absolute Gasteiger partial charge is 0.274 e. The Balaban J connectivity index is 2.05. The average Bonchev–Trinajstić information content (AvgIpc) is 2.98. The van der Waals surface area contributed by atoms with Crippen LogP contribution in [0.25, 0.3) is 5.82 Å². The summed E-state index contributed by atoms with van der Waals surface area (Å²) in [6.45, 7) is 0. The number of carbonyl (C=O) groups excluding carboxylic acids is 2. The minimum absolute atomic E-state index is 0.00935. The molecule has 6 nitrogen and oxygen atoms in total. The molecule has 0 fully saturated rings. The first-order valence-corrected chi connectivity index (χ1v) is 9.93. The molecule has 2 heterocycles. The molecule has 12 heteroatoms. The second-order valence-corrected chi connectivity index (χ2v) is 8.10. The maximum absolute atomic E-state index is 12.9. The van der Waals surface area contributed by atoms with Crippen molar-refractivity contribution in [3.8, 4) is 5.82 Å². The standard InChI is InChI=1S/C16H6BrCl5N4O2/c17-12-4-11(26(25-12)15-10(21)3-7(19)5-23-15)16(28)24-13-8(14(22)27)1-6(18)2-9(13)20/h1-5H,(H,24,28). The van der Waals surface area contributed by atoms with Crippen molar-refractivity contribution in [2.75, 3.05) is 5.32 Å². The van der Waals surface area contributed by atoms with Gasteiger partial charge in [-0.2, -0.15) is 5.10 Å². The van der Waals surface area contributed by atoms with Crippen LogP contribution in [0.5, 0.6) is 0 Å². The zero-order valence-corrected chi connectivity index (χ0v) is 18.7. The average molecular weight is 543 g/mol. The van der Waals surface area contributed by atoms with Crippen LogP contribution in [0.4, 0.5) is 5.69 Å². The fourth-order valence-corrected chi connectivity index (χ4v) is 3.80. The second kappa shape index (κ2) is 8.57. The van der Waals surface area contributed by atoms with E-state index in [1.165, 1.54) is 35.1 Å². The summed E-state index contributed by atoms with van der Waals surface area (Å²) < 4.78 is 1.56. The number of aromatic nitrogens is 3. The second-order valence-electron chi connectivity index (χ2n) is 5.26. The van der Waals surface area contributed by atoms with Crippen LogP contribution in [0.15, 0.2) is 35.1 Å². The number of nitrogens with one attached hydrogen (secondary N) is 1. The van der Waals surface area contributed by atoms with Gasteiger partial charge in [-0.25, -0.2) is 9.67 Å². The van der Waals surface area contributed by atoms with E-state index >= 15 is 0 Å². The topological polar surface area (TPSA) is 76.9 Å². The van der Waals surface area contributed by atoms with Crippen LogP contribution >= 0.6 is 73.9 Å². The van der Waals surface area contributed by atoms with Crippen molar-refractivity contribution in [2.45, 2.75) is 0 Å². The molecule has 144 valence electrons. The SMILES string of the molecule is O=C(Cl)c1cc(Cl)cc(Cl)c1NC(=O)c1cc(Br)nn1-c1ncc(Cl)cc1Cl. The Labute approximate surface area is 191 Å². The number of pyridine rings is 1. The van der Waals surface area contributed by atoms with Crippen molar-refractivity contribution >= 4 is 90.8 Å². The highest BCUT2D eigenvalue weighted by atomic mass is 79.9. The largest absolute Gasteiger partial charge is 0.319 e. The Kier molecular flexibility index (Phi) is 6.54. The third-order valence-corrected chi connectivity index (χ3v) is 5.00. The van der Waals surface area contributed by atoms with Crippen LogP contribution < -0.4 is 5.32 Å². The Morgan fingerprint density at radius 1 is 1.00 bits per heavy atom. The van der Waals surface area contributed by atoms with Crippen molar-refractivity contribution < 1.29 is 9.59 Å². The predicted octanol–water partition coefficient (Wildman–Crippen LogP) is 6.27. The molecule has 0 saturated heterocycles. The summed E-state index contributed by atoms with van der Waals surface area (Å²) in [5.74, 6) is -0.466. The molecule has 0 aliphatic carbocycles. The molecule has 0 saturated carbocycles. The first-order chi connectivity index (χ1) is 13.2. The molecular weight excluding hydrogens is 537 g/mol. The number of nitrogens with zero attached hydrogens (tertiary/aromatic N) is 3. The summed E-state index contributed by atoms with van der Waals surface area (Å²) in [6.07, 6.45) is 1.36. The van der Waals surface area contributed by atoms with Gasteiger partial charge in [0.25, 0.3) is 11.1 Å². The Morgan fingerprint density at radius 2 is 1.68 bits per heavy atom. The minimum atomic E-state index is -0.836. The van der Waals surface area contributed by atoms with E-state index in [1.807, 2.05) is 0 Å². The molecular formula is C16H6BrCl5N4O2. The van der Waals surface area contributed by atoms with Crippen molar-refractivity contribution in [1.29, 1.82) is 0 Å². The van der Waals surface area contributed by atoms with Gasteiger partial charge in [-0.05, 0) is 45.7 Å². The molecule has 3 aromatic rings. The summed E-state index contributed by atoms with van der Waals surface area (Å²) in [6, 6.07) is 5.56. The lowest BCUT2D eigenvalue weighted by molar-refractivity contribution is 0.101. The molecule has 2 aromatic heterocycles. The quantitative estimate of drug-likeness (QED) is 0.394. The molecule has 1 aromatic carbocycles. The van der Waals surface area contributed by atoms with Gasteiger partial charge >= 0.3 is 0 Å². The van der Waals surface area contributed by atoms with E-state index in [1.54, 1.807) is 0 Å². The number of hydrogen-bond donors (Lipinski definition) is 1. The highest BCUT2D eigenvalue weighted by Crippen LogP contribution is 2.32. The molecule has 0 aliphatic heterocycles. The Morgan fingerprint density at radius 3 is 2.32 bits per heavy atom. The van der Waals surface area contributed by atoms with Crippen LogP contribution in [0.3, 0.4) is 0 Å². The van der Waals surface area contributed by atoms with E-state index in [9.17, 15) is 9.59 Å².